The van der Waals surface area contributed by atoms with Crippen LogP contribution >= 0.6 is 35.0 Å². The number of aryl methyl sites for hydroxylation is 1. The van der Waals surface area contributed by atoms with E-state index in [0.29, 0.717) is 10.7 Å². The Balaban J connectivity index is 1.62. The zero-order chi connectivity index (χ0) is 29.0. The molecule has 2 amide bonds. The average Bonchev–Trinajstić information content (AvgIpc) is 3.43. The van der Waals surface area contributed by atoms with Crippen molar-refractivity contribution >= 4 is 58.2 Å². The molecule has 13 heteroatoms. The molecule has 2 heterocycles. The van der Waals surface area contributed by atoms with Crippen LogP contribution < -0.4 is 10.6 Å². The van der Waals surface area contributed by atoms with Crippen molar-refractivity contribution in [1.82, 2.24) is 4.98 Å². The van der Waals surface area contributed by atoms with Crippen molar-refractivity contribution in [2.45, 2.75) is 18.1 Å². The summed E-state index contributed by atoms with van der Waals surface area (Å²) in [6, 6.07) is 14.7. The quantitative estimate of drug-likeness (QED) is 0.208. The zero-order valence-corrected chi connectivity index (χ0v) is 22.7. The average molecular weight is 605 g/mol. The Kier molecular flexibility index (Phi) is 8.73. The third kappa shape index (κ3) is 6.59. The number of alkyl halides is 3. The van der Waals surface area contributed by atoms with Crippen LogP contribution in [0, 0.1) is 18.3 Å². The smallest absolute Gasteiger partial charge is 0.417 e. The van der Waals surface area contributed by atoms with Crippen molar-refractivity contribution < 1.29 is 27.2 Å². The molecule has 40 heavy (non-hydrogen) atoms. The van der Waals surface area contributed by atoms with Crippen LogP contribution in [-0.4, -0.2) is 22.6 Å². The van der Waals surface area contributed by atoms with Gasteiger partial charge in [-0.3, -0.25) is 9.59 Å². The summed E-state index contributed by atoms with van der Waals surface area (Å²) in [6.45, 7) is 1.57. The molecule has 0 aliphatic rings. The van der Waals surface area contributed by atoms with Gasteiger partial charge in [-0.2, -0.15) is 18.4 Å². The Morgan fingerprint density at radius 2 is 1.77 bits per heavy atom. The van der Waals surface area contributed by atoms with Gasteiger partial charge in [0.2, 0.25) is 5.91 Å². The number of hydrogen-bond acceptors (Lipinski definition) is 6. The van der Waals surface area contributed by atoms with Crippen LogP contribution in [0.1, 0.15) is 27.2 Å². The van der Waals surface area contributed by atoms with Crippen LogP contribution in [0.3, 0.4) is 0 Å². The van der Waals surface area contributed by atoms with E-state index in [2.05, 4.69) is 15.6 Å². The van der Waals surface area contributed by atoms with Gasteiger partial charge >= 0.3 is 6.18 Å². The molecular weight excluding hydrogens is 588 g/mol. The highest BCUT2D eigenvalue weighted by molar-refractivity contribution is 8.00. The third-order valence-corrected chi connectivity index (χ3v) is 7.01. The first-order valence-electron chi connectivity index (χ1n) is 11.3. The number of halogens is 5. The van der Waals surface area contributed by atoms with Gasteiger partial charge in [0.1, 0.15) is 16.9 Å². The van der Waals surface area contributed by atoms with Crippen molar-refractivity contribution in [3.05, 3.63) is 93.3 Å². The molecule has 0 fully saturated rings. The van der Waals surface area contributed by atoms with E-state index in [1.165, 1.54) is 12.3 Å². The highest BCUT2D eigenvalue weighted by Crippen LogP contribution is 2.37. The molecular formula is C27H17Cl2F3N4O3S. The van der Waals surface area contributed by atoms with Crippen LogP contribution in [0.4, 0.5) is 24.5 Å². The number of carbonyl (C=O) groups excluding carboxylic acids is 2. The Morgan fingerprint density at radius 1 is 1.07 bits per heavy atom. The lowest BCUT2D eigenvalue weighted by molar-refractivity contribution is -0.137. The number of nitriles is 1. The predicted octanol–water partition coefficient (Wildman–Crippen LogP) is 7.83. The van der Waals surface area contributed by atoms with Gasteiger partial charge in [-0.25, -0.2) is 4.98 Å². The SMILES string of the molecule is Cc1nc(SCC(=O)Nc2ccc(Cl)c(C(F)(F)F)c2)c(C#N)c(-c2ccco2)c1C(=O)Nc1ccc(Cl)cc1. The van der Waals surface area contributed by atoms with Gasteiger partial charge in [-0.1, -0.05) is 35.0 Å². The molecule has 0 unspecified atom stereocenters. The van der Waals surface area contributed by atoms with E-state index in [0.717, 1.165) is 23.9 Å². The van der Waals surface area contributed by atoms with E-state index in [1.54, 1.807) is 43.3 Å². The topological polar surface area (TPSA) is 108 Å². The van der Waals surface area contributed by atoms with Gasteiger partial charge in [-0.15, -0.1) is 0 Å². The molecule has 7 nitrogen and oxygen atoms in total. The number of pyridine rings is 1. The highest BCUT2D eigenvalue weighted by atomic mass is 35.5. The monoisotopic (exact) mass is 604 g/mol. The number of amides is 2. The normalized spacial score (nSPS) is 11.1. The number of aromatic nitrogens is 1. The van der Waals surface area contributed by atoms with Crippen molar-refractivity contribution in [1.29, 1.82) is 5.26 Å². The molecule has 2 aromatic heterocycles. The minimum absolute atomic E-state index is 0.00884. The number of anilines is 2. The zero-order valence-electron chi connectivity index (χ0n) is 20.4. The predicted molar refractivity (Wildman–Crippen MR) is 147 cm³/mol. The maximum absolute atomic E-state index is 13.3. The fraction of sp³-hybridized carbons (Fsp3) is 0.111. The summed E-state index contributed by atoms with van der Waals surface area (Å²) >= 11 is 12.4. The van der Waals surface area contributed by atoms with Crippen molar-refractivity contribution in [2.75, 3.05) is 16.4 Å². The first-order valence-corrected chi connectivity index (χ1v) is 13.1. The molecule has 0 bridgehead atoms. The van der Waals surface area contributed by atoms with Gasteiger partial charge < -0.3 is 15.1 Å². The summed E-state index contributed by atoms with van der Waals surface area (Å²) in [5.74, 6) is -1.25. The van der Waals surface area contributed by atoms with E-state index in [-0.39, 0.29) is 44.6 Å². The van der Waals surface area contributed by atoms with E-state index in [9.17, 15) is 28.0 Å². The van der Waals surface area contributed by atoms with E-state index >= 15 is 0 Å². The first kappa shape index (κ1) is 29.0. The van der Waals surface area contributed by atoms with E-state index in [1.807, 2.05) is 6.07 Å². The van der Waals surface area contributed by atoms with Crippen LogP contribution in [0.25, 0.3) is 11.3 Å². The number of nitrogens with one attached hydrogen (secondary N) is 2. The second kappa shape index (κ2) is 12.0. The van der Waals surface area contributed by atoms with Crippen molar-refractivity contribution in [3.63, 3.8) is 0 Å². The summed E-state index contributed by atoms with van der Waals surface area (Å²) in [6.07, 6.45) is -3.31. The van der Waals surface area contributed by atoms with Gasteiger partial charge in [-0.05, 0) is 61.5 Å². The largest absolute Gasteiger partial charge is 0.464 e. The maximum Gasteiger partial charge on any atom is 0.417 e. The molecule has 0 spiro atoms. The number of benzene rings is 2. The molecule has 0 aliphatic carbocycles. The Bertz CT molecular complexity index is 1620. The molecule has 4 aromatic rings. The van der Waals surface area contributed by atoms with Crippen LogP contribution in [-0.2, 0) is 11.0 Å². The highest BCUT2D eigenvalue weighted by Gasteiger charge is 2.33. The summed E-state index contributed by atoms with van der Waals surface area (Å²) in [5.41, 5.74) is -0.198. The van der Waals surface area contributed by atoms with Crippen LogP contribution in [0.5, 0.6) is 0 Å². The first-order chi connectivity index (χ1) is 19.0. The summed E-state index contributed by atoms with van der Waals surface area (Å²) < 4.78 is 45.0. The number of nitrogens with zero attached hydrogens (tertiary/aromatic N) is 2. The molecule has 0 saturated heterocycles. The number of hydrogen-bond donors (Lipinski definition) is 2. The summed E-state index contributed by atoms with van der Waals surface area (Å²) in [4.78, 5) is 30.3. The number of rotatable bonds is 7. The van der Waals surface area contributed by atoms with E-state index < -0.39 is 28.6 Å². The minimum Gasteiger partial charge on any atom is -0.464 e. The molecule has 0 saturated carbocycles. The maximum atomic E-state index is 13.3. The summed E-state index contributed by atoms with van der Waals surface area (Å²) in [7, 11) is 0. The number of furan rings is 1. The lowest BCUT2D eigenvalue weighted by Crippen LogP contribution is -2.18. The van der Waals surface area contributed by atoms with E-state index in [4.69, 9.17) is 27.6 Å². The Hall–Kier alpha value is -3.98. The molecule has 0 aliphatic heterocycles. The molecule has 0 radical (unpaired) electrons. The number of thioether (sulfide) groups is 1. The van der Waals surface area contributed by atoms with Crippen molar-refractivity contribution in [2.24, 2.45) is 0 Å². The fourth-order valence-electron chi connectivity index (χ4n) is 3.71. The Labute approximate surface area is 240 Å². The van der Waals surface area contributed by atoms with Crippen molar-refractivity contribution in [3.8, 4) is 17.4 Å². The third-order valence-electron chi connectivity index (χ3n) is 5.45. The standard InChI is InChI=1S/C27H17Cl2F3N4O3S/c1-14-23(25(38)36-16-6-4-15(28)5-7-16)24(21-3-2-10-39-21)18(12-33)26(34-14)40-13-22(37)35-17-8-9-20(29)19(11-17)27(30,31)32/h2-11H,13H2,1H3,(H,35,37)(H,36,38). The second-order valence-electron chi connectivity index (χ2n) is 8.21. The lowest BCUT2D eigenvalue weighted by Gasteiger charge is -2.16. The molecule has 204 valence electrons. The number of carbonyl (C=O) groups is 2. The lowest BCUT2D eigenvalue weighted by atomic mass is 9.99. The van der Waals surface area contributed by atoms with Gasteiger partial charge in [0.25, 0.3) is 5.91 Å². The molecule has 2 aromatic carbocycles. The summed E-state index contributed by atoms with van der Waals surface area (Å²) in [5, 5.41) is 15.3. The van der Waals surface area contributed by atoms with Gasteiger partial charge in [0, 0.05) is 16.4 Å². The van der Waals surface area contributed by atoms with Crippen LogP contribution in [0.15, 0.2) is 70.3 Å². The van der Waals surface area contributed by atoms with Gasteiger partial charge in [0.15, 0.2) is 0 Å². The van der Waals surface area contributed by atoms with Crippen LogP contribution in [0.2, 0.25) is 10.0 Å². The Morgan fingerprint density at radius 3 is 2.40 bits per heavy atom. The molecule has 4 rings (SSSR count). The fourth-order valence-corrected chi connectivity index (χ4v) is 4.89. The van der Waals surface area contributed by atoms with Gasteiger partial charge in [0.05, 0.1) is 45.0 Å². The minimum atomic E-state index is -4.69. The second-order valence-corrected chi connectivity index (χ2v) is 10.0. The molecule has 0 atom stereocenters. The molecule has 2 N–H and O–H groups in total.